The van der Waals surface area contributed by atoms with E-state index in [2.05, 4.69) is 21.2 Å². The maximum absolute atomic E-state index is 11.9. The lowest BCUT2D eigenvalue weighted by atomic mass is 10.2. The summed E-state index contributed by atoms with van der Waals surface area (Å²) in [6, 6.07) is 7.66. The van der Waals surface area contributed by atoms with Crippen LogP contribution in [0.4, 0.5) is 5.69 Å². The summed E-state index contributed by atoms with van der Waals surface area (Å²) in [5.74, 6) is -0.0338. The van der Waals surface area contributed by atoms with Crippen molar-refractivity contribution in [3.8, 4) is 0 Å². The standard InChI is InChI=1S/C13H17BrN2O2/c14-10-3-1-4-11(7-10)15-13(18)8-16-6-2-5-12(16)9-17/h1,3-4,7,12,17H,2,5-6,8-9H2,(H,15,18). The van der Waals surface area contributed by atoms with Crippen molar-refractivity contribution < 1.29 is 9.90 Å². The third kappa shape index (κ3) is 3.54. The number of carbonyl (C=O) groups excluding carboxylic acids is 1. The van der Waals surface area contributed by atoms with E-state index in [1.54, 1.807) is 0 Å². The number of hydrogen-bond acceptors (Lipinski definition) is 3. The monoisotopic (exact) mass is 312 g/mol. The van der Waals surface area contributed by atoms with Gasteiger partial charge in [-0.3, -0.25) is 9.69 Å². The van der Waals surface area contributed by atoms with Crippen LogP contribution in [-0.4, -0.2) is 41.7 Å². The Bertz CT molecular complexity index is 425. The summed E-state index contributed by atoms with van der Waals surface area (Å²) in [5, 5.41) is 12.1. The molecule has 1 fully saturated rings. The first-order chi connectivity index (χ1) is 8.69. The molecule has 98 valence electrons. The van der Waals surface area contributed by atoms with Crippen LogP contribution in [0.5, 0.6) is 0 Å². The number of benzene rings is 1. The van der Waals surface area contributed by atoms with E-state index < -0.39 is 0 Å². The van der Waals surface area contributed by atoms with Gasteiger partial charge < -0.3 is 10.4 Å². The second-order valence-electron chi connectivity index (χ2n) is 4.51. The van der Waals surface area contributed by atoms with Crippen molar-refractivity contribution in [2.45, 2.75) is 18.9 Å². The van der Waals surface area contributed by atoms with Crippen LogP contribution in [0.15, 0.2) is 28.7 Å². The number of aliphatic hydroxyl groups excluding tert-OH is 1. The van der Waals surface area contributed by atoms with Gasteiger partial charge in [-0.05, 0) is 37.6 Å². The minimum atomic E-state index is -0.0338. The minimum Gasteiger partial charge on any atom is -0.395 e. The third-order valence-corrected chi connectivity index (χ3v) is 3.66. The summed E-state index contributed by atoms with van der Waals surface area (Å²) in [6.45, 7) is 1.36. The molecular formula is C13H17BrN2O2. The van der Waals surface area contributed by atoms with Crippen LogP contribution in [0.2, 0.25) is 0 Å². The molecule has 1 heterocycles. The van der Waals surface area contributed by atoms with Gasteiger partial charge in [0.1, 0.15) is 0 Å². The Hall–Kier alpha value is -0.910. The summed E-state index contributed by atoms with van der Waals surface area (Å²) in [7, 11) is 0. The van der Waals surface area contributed by atoms with Gasteiger partial charge in [0, 0.05) is 16.2 Å². The molecule has 1 unspecified atom stereocenters. The molecule has 4 nitrogen and oxygen atoms in total. The van der Waals surface area contributed by atoms with Crippen LogP contribution >= 0.6 is 15.9 Å². The Balaban J connectivity index is 1.89. The number of anilines is 1. The van der Waals surface area contributed by atoms with Crippen molar-refractivity contribution in [3.05, 3.63) is 28.7 Å². The molecule has 2 rings (SSSR count). The van der Waals surface area contributed by atoms with Crippen molar-refractivity contribution in [2.24, 2.45) is 0 Å². The van der Waals surface area contributed by atoms with E-state index in [4.69, 9.17) is 0 Å². The minimum absolute atomic E-state index is 0.0338. The van der Waals surface area contributed by atoms with Gasteiger partial charge in [-0.2, -0.15) is 0 Å². The molecule has 0 spiro atoms. The number of amides is 1. The second kappa shape index (κ2) is 6.31. The number of rotatable bonds is 4. The van der Waals surface area contributed by atoms with Gasteiger partial charge in [0.25, 0.3) is 0 Å². The molecule has 1 atom stereocenters. The molecule has 0 aliphatic carbocycles. The van der Waals surface area contributed by atoms with Crippen molar-refractivity contribution in [2.75, 3.05) is 25.0 Å². The fraction of sp³-hybridized carbons (Fsp3) is 0.462. The maximum Gasteiger partial charge on any atom is 0.238 e. The van der Waals surface area contributed by atoms with E-state index in [1.807, 2.05) is 29.2 Å². The molecule has 1 aromatic carbocycles. The smallest absolute Gasteiger partial charge is 0.238 e. The quantitative estimate of drug-likeness (QED) is 0.892. The number of hydrogen-bond donors (Lipinski definition) is 2. The van der Waals surface area contributed by atoms with E-state index in [9.17, 15) is 9.90 Å². The SMILES string of the molecule is O=C(CN1CCCC1CO)Nc1cccc(Br)c1. The molecule has 0 bridgehead atoms. The second-order valence-corrected chi connectivity index (χ2v) is 5.42. The zero-order valence-corrected chi connectivity index (χ0v) is 11.7. The van der Waals surface area contributed by atoms with Gasteiger partial charge in [-0.15, -0.1) is 0 Å². The Labute approximate surface area is 115 Å². The van der Waals surface area contributed by atoms with Gasteiger partial charge >= 0.3 is 0 Å². The van der Waals surface area contributed by atoms with Gasteiger partial charge in [-0.1, -0.05) is 22.0 Å². The number of likely N-dealkylation sites (tertiary alicyclic amines) is 1. The molecule has 0 aromatic heterocycles. The molecule has 2 N–H and O–H groups in total. The van der Waals surface area contributed by atoms with Crippen LogP contribution in [0.1, 0.15) is 12.8 Å². The fourth-order valence-electron chi connectivity index (χ4n) is 2.26. The number of halogens is 1. The highest BCUT2D eigenvalue weighted by Crippen LogP contribution is 2.18. The molecule has 5 heteroatoms. The van der Waals surface area contributed by atoms with Gasteiger partial charge in [0.15, 0.2) is 0 Å². The number of carbonyl (C=O) groups is 1. The first-order valence-electron chi connectivity index (χ1n) is 6.09. The summed E-state index contributed by atoms with van der Waals surface area (Å²) in [4.78, 5) is 13.9. The number of nitrogens with one attached hydrogen (secondary N) is 1. The molecule has 18 heavy (non-hydrogen) atoms. The van der Waals surface area contributed by atoms with Crippen LogP contribution in [0.25, 0.3) is 0 Å². The van der Waals surface area contributed by atoms with E-state index in [0.29, 0.717) is 6.54 Å². The van der Waals surface area contributed by atoms with Crippen LogP contribution in [-0.2, 0) is 4.79 Å². The van der Waals surface area contributed by atoms with Crippen molar-refractivity contribution in [1.29, 1.82) is 0 Å². The van der Waals surface area contributed by atoms with Crippen molar-refractivity contribution in [1.82, 2.24) is 4.90 Å². The zero-order chi connectivity index (χ0) is 13.0. The van der Waals surface area contributed by atoms with Gasteiger partial charge in [0.2, 0.25) is 5.91 Å². The van der Waals surface area contributed by atoms with Crippen LogP contribution in [0.3, 0.4) is 0 Å². The van der Waals surface area contributed by atoms with E-state index >= 15 is 0 Å². The number of nitrogens with zero attached hydrogens (tertiary/aromatic N) is 1. The first kappa shape index (κ1) is 13.5. The number of aliphatic hydroxyl groups is 1. The average molecular weight is 313 g/mol. The maximum atomic E-state index is 11.9. The highest BCUT2D eigenvalue weighted by molar-refractivity contribution is 9.10. The molecule has 1 aliphatic heterocycles. The molecule has 1 saturated heterocycles. The largest absolute Gasteiger partial charge is 0.395 e. The highest BCUT2D eigenvalue weighted by Gasteiger charge is 2.25. The normalized spacial score (nSPS) is 20.0. The predicted octanol–water partition coefficient (Wildman–Crippen LogP) is 1.84. The van der Waals surface area contributed by atoms with E-state index in [1.165, 1.54) is 0 Å². The topological polar surface area (TPSA) is 52.6 Å². The van der Waals surface area contributed by atoms with Crippen LogP contribution < -0.4 is 5.32 Å². The third-order valence-electron chi connectivity index (χ3n) is 3.16. The Kier molecular flexibility index (Phi) is 4.74. The molecular weight excluding hydrogens is 296 g/mol. The predicted molar refractivity (Wildman–Crippen MR) is 74.5 cm³/mol. The van der Waals surface area contributed by atoms with E-state index in [-0.39, 0.29) is 18.6 Å². The lowest BCUT2D eigenvalue weighted by Crippen LogP contribution is -2.38. The Morgan fingerprint density at radius 2 is 2.39 bits per heavy atom. The lowest BCUT2D eigenvalue weighted by molar-refractivity contribution is -0.117. The van der Waals surface area contributed by atoms with Crippen LogP contribution in [0, 0.1) is 0 Å². The molecule has 0 saturated carbocycles. The van der Waals surface area contributed by atoms with Crippen molar-refractivity contribution in [3.63, 3.8) is 0 Å². The molecule has 1 amide bonds. The summed E-state index contributed by atoms with van der Waals surface area (Å²) in [6.07, 6.45) is 2.02. The van der Waals surface area contributed by atoms with Gasteiger partial charge in [-0.25, -0.2) is 0 Å². The zero-order valence-electron chi connectivity index (χ0n) is 10.1. The molecule has 1 aromatic rings. The first-order valence-corrected chi connectivity index (χ1v) is 6.88. The van der Waals surface area contributed by atoms with E-state index in [0.717, 1.165) is 29.5 Å². The molecule has 0 radical (unpaired) electrons. The van der Waals surface area contributed by atoms with Crippen molar-refractivity contribution >= 4 is 27.5 Å². The van der Waals surface area contributed by atoms with Gasteiger partial charge in [0.05, 0.1) is 13.2 Å². The summed E-state index contributed by atoms with van der Waals surface area (Å²) >= 11 is 3.37. The fourth-order valence-corrected chi connectivity index (χ4v) is 2.66. The average Bonchev–Trinajstić information content (AvgIpc) is 2.76. The summed E-state index contributed by atoms with van der Waals surface area (Å²) < 4.78 is 0.940. The Morgan fingerprint density at radius 1 is 1.56 bits per heavy atom. The highest BCUT2D eigenvalue weighted by atomic mass is 79.9. The Morgan fingerprint density at radius 3 is 3.11 bits per heavy atom. The summed E-state index contributed by atoms with van der Waals surface area (Å²) in [5.41, 5.74) is 0.786. The molecule has 1 aliphatic rings. The lowest BCUT2D eigenvalue weighted by Gasteiger charge is -2.21.